The minimum atomic E-state index is 0.212. The molecule has 4 nitrogen and oxygen atoms in total. The van der Waals surface area contributed by atoms with Crippen LogP contribution in [0.25, 0.3) is 0 Å². The minimum absolute atomic E-state index is 0.212. The zero-order chi connectivity index (χ0) is 13.4. The van der Waals surface area contributed by atoms with Crippen LogP contribution in [-0.2, 0) is 4.79 Å². The van der Waals surface area contributed by atoms with E-state index in [2.05, 4.69) is 17.3 Å². The summed E-state index contributed by atoms with van der Waals surface area (Å²) in [6, 6.07) is 0.769. The molecule has 0 radical (unpaired) electrons. The molecule has 0 aromatic carbocycles. The topological polar surface area (TPSA) is 35.6 Å². The lowest BCUT2D eigenvalue weighted by atomic mass is 10.2. The van der Waals surface area contributed by atoms with Gasteiger partial charge in [0.25, 0.3) is 0 Å². The van der Waals surface area contributed by atoms with Gasteiger partial charge in [-0.15, -0.1) is 0 Å². The Hall–Kier alpha value is -0.610. The number of rotatable bonds is 8. The van der Waals surface area contributed by atoms with Crippen LogP contribution >= 0.6 is 0 Å². The number of carbonyl (C=O) groups is 1. The molecule has 1 amide bonds. The Bertz CT molecular complexity index is 235. The van der Waals surface area contributed by atoms with Gasteiger partial charge in [-0.1, -0.05) is 12.8 Å². The van der Waals surface area contributed by atoms with Crippen molar-refractivity contribution in [2.45, 2.75) is 45.6 Å². The third-order valence-electron chi connectivity index (χ3n) is 3.98. The predicted octanol–water partition coefficient (Wildman–Crippen LogP) is 1.32. The van der Waals surface area contributed by atoms with Gasteiger partial charge < -0.3 is 15.1 Å². The molecular formula is C14H29N3O. The van der Waals surface area contributed by atoms with E-state index in [4.69, 9.17) is 0 Å². The van der Waals surface area contributed by atoms with Crippen molar-refractivity contribution in [1.29, 1.82) is 0 Å². The molecule has 0 heterocycles. The molecule has 1 aliphatic rings. The summed E-state index contributed by atoms with van der Waals surface area (Å²) in [4.78, 5) is 16.1. The molecule has 1 aliphatic carbocycles. The number of nitrogens with zero attached hydrogens (tertiary/aromatic N) is 2. The van der Waals surface area contributed by atoms with Gasteiger partial charge in [-0.25, -0.2) is 0 Å². The smallest absolute Gasteiger partial charge is 0.236 e. The second-order valence-electron chi connectivity index (χ2n) is 5.16. The van der Waals surface area contributed by atoms with Crippen LogP contribution in [0.1, 0.15) is 39.5 Å². The van der Waals surface area contributed by atoms with Crippen LogP contribution in [0.5, 0.6) is 0 Å². The maximum atomic E-state index is 11.8. The molecule has 0 unspecified atom stereocenters. The van der Waals surface area contributed by atoms with Gasteiger partial charge in [0, 0.05) is 32.2 Å². The van der Waals surface area contributed by atoms with E-state index in [1.54, 1.807) is 0 Å². The molecule has 1 saturated carbocycles. The Balaban J connectivity index is 2.08. The number of nitrogens with one attached hydrogen (secondary N) is 1. The van der Waals surface area contributed by atoms with E-state index in [9.17, 15) is 4.79 Å². The van der Waals surface area contributed by atoms with Crippen molar-refractivity contribution in [3.8, 4) is 0 Å². The maximum Gasteiger partial charge on any atom is 0.236 e. The molecule has 0 aromatic heterocycles. The highest BCUT2D eigenvalue weighted by Gasteiger charge is 2.18. The molecule has 0 atom stereocenters. The number of hydrogen-bond acceptors (Lipinski definition) is 3. The van der Waals surface area contributed by atoms with Gasteiger partial charge in [-0.05, 0) is 33.7 Å². The fourth-order valence-corrected chi connectivity index (χ4v) is 2.67. The fourth-order valence-electron chi connectivity index (χ4n) is 2.67. The van der Waals surface area contributed by atoms with Crippen LogP contribution in [-0.4, -0.2) is 61.5 Å². The van der Waals surface area contributed by atoms with Gasteiger partial charge in [0.15, 0.2) is 0 Å². The van der Waals surface area contributed by atoms with E-state index in [1.807, 2.05) is 18.7 Å². The highest BCUT2D eigenvalue weighted by atomic mass is 16.2. The molecule has 0 aromatic rings. The number of carbonyl (C=O) groups excluding carboxylic acids is 1. The molecule has 0 spiro atoms. The average Bonchev–Trinajstić information content (AvgIpc) is 2.89. The zero-order valence-electron chi connectivity index (χ0n) is 12.2. The van der Waals surface area contributed by atoms with E-state index in [0.29, 0.717) is 6.54 Å². The van der Waals surface area contributed by atoms with Crippen LogP contribution in [0.3, 0.4) is 0 Å². The van der Waals surface area contributed by atoms with Crippen molar-refractivity contribution in [3.05, 3.63) is 0 Å². The van der Waals surface area contributed by atoms with E-state index in [-0.39, 0.29) is 5.91 Å². The summed E-state index contributed by atoms with van der Waals surface area (Å²) in [7, 11) is 2.20. The normalized spacial score (nSPS) is 16.4. The molecule has 1 rings (SSSR count). The van der Waals surface area contributed by atoms with Crippen molar-refractivity contribution >= 4 is 5.91 Å². The van der Waals surface area contributed by atoms with Gasteiger partial charge in [-0.3, -0.25) is 4.79 Å². The Morgan fingerprint density at radius 2 is 1.83 bits per heavy atom. The Morgan fingerprint density at radius 1 is 1.22 bits per heavy atom. The lowest BCUT2D eigenvalue weighted by Crippen LogP contribution is -2.41. The first-order valence-electron chi connectivity index (χ1n) is 7.37. The summed E-state index contributed by atoms with van der Waals surface area (Å²) in [5.41, 5.74) is 0. The van der Waals surface area contributed by atoms with Crippen LogP contribution in [0.2, 0.25) is 0 Å². The first kappa shape index (κ1) is 15.4. The predicted molar refractivity (Wildman–Crippen MR) is 75.7 cm³/mol. The standard InChI is InChI=1S/C14H29N3O/c1-4-17(5-2)14(18)12-15-10-11-16(3)13-8-6-7-9-13/h13,15H,4-12H2,1-3H3. The summed E-state index contributed by atoms with van der Waals surface area (Å²) in [6.07, 6.45) is 5.44. The summed E-state index contributed by atoms with van der Waals surface area (Å²) >= 11 is 0. The number of likely N-dealkylation sites (N-methyl/N-ethyl adjacent to an activating group) is 2. The SMILES string of the molecule is CCN(CC)C(=O)CNCCN(C)C1CCCC1. The molecular weight excluding hydrogens is 226 g/mol. The van der Waals surface area contributed by atoms with Crippen molar-refractivity contribution in [1.82, 2.24) is 15.1 Å². The maximum absolute atomic E-state index is 11.8. The van der Waals surface area contributed by atoms with E-state index < -0.39 is 0 Å². The molecule has 106 valence electrons. The molecule has 4 heteroatoms. The largest absolute Gasteiger partial charge is 0.342 e. The van der Waals surface area contributed by atoms with Gasteiger partial charge in [0.05, 0.1) is 6.54 Å². The quantitative estimate of drug-likeness (QED) is 0.665. The van der Waals surface area contributed by atoms with Crippen LogP contribution in [0, 0.1) is 0 Å². The molecule has 1 N–H and O–H groups in total. The second kappa shape index (κ2) is 8.48. The Morgan fingerprint density at radius 3 is 2.39 bits per heavy atom. The van der Waals surface area contributed by atoms with Gasteiger partial charge in [-0.2, -0.15) is 0 Å². The van der Waals surface area contributed by atoms with Gasteiger partial charge in [0.1, 0.15) is 0 Å². The number of amides is 1. The highest BCUT2D eigenvalue weighted by Crippen LogP contribution is 2.21. The molecule has 0 bridgehead atoms. The fraction of sp³-hybridized carbons (Fsp3) is 0.929. The van der Waals surface area contributed by atoms with E-state index in [1.165, 1.54) is 25.7 Å². The lowest BCUT2D eigenvalue weighted by molar-refractivity contribution is -0.129. The van der Waals surface area contributed by atoms with Crippen LogP contribution < -0.4 is 5.32 Å². The lowest BCUT2D eigenvalue weighted by Gasteiger charge is -2.24. The van der Waals surface area contributed by atoms with Crippen molar-refractivity contribution in [2.75, 3.05) is 39.8 Å². The summed E-state index contributed by atoms with van der Waals surface area (Å²) in [5.74, 6) is 0.212. The third kappa shape index (κ3) is 4.94. The van der Waals surface area contributed by atoms with E-state index >= 15 is 0 Å². The summed E-state index contributed by atoms with van der Waals surface area (Å²) in [5, 5.41) is 3.26. The average molecular weight is 255 g/mol. The van der Waals surface area contributed by atoms with Crippen molar-refractivity contribution in [2.24, 2.45) is 0 Å². The van der Waals surface area contributed by atoms with Crippen molar-refractivity contribution in [3.63, 3.8) is 0 Å². The van der Waals surface area contributed by atoms with Crippen LogP contribution in [0.15, 0.2) is 0 Å². The minimum Gasteiger partial charge on any atom is -0.342 e. The zero-order valence-corrected chi connectivity index (χ0v) is 12.2. The van der Waals surface area contributed by atoms with Gasteiger partial charge in [0.2, 0.25) is 5.91 Å². The monoisotopic (exact) mass is 255 g/mol. The second-order valence-corrected chi connectivity index (χ2v) is 5.16. The molecule has 1 fully saturated rings. The first-order chi connectivity index (χ1) is 8.69. The van der Waals surface area contributed by atoms with E-state index in [0.717, 1.165) is 32.2 Å². The summed E-state index contributed by atoms with van der Waals surface area (Å²) < 4.78 is 0. The van der Waals surface area contributed by atoms with Gasteiger partial charge >= 0.3 is 0 Å². The third-order valence-corrected chi connectivity index (χ3v) is 3.98. The Kier molecular flexibility index (Phi) is 7.28. The first-order valence-corrected chi connectivity index (χ1v) is 7.37. The summed E-state index contributed by atoms with van der Waals surface area (Å²) in [6.45, 7) is 8.07. The number of hydrogen-bond donors (Lipinski definition) is 1. The van der Waals surface area contributed by atoms with Crippen molar-refractivity contribution < 1.29 is 4.79 Å². The highest BCUT2D eigenvalue weighted by molar-refractivity contribution is 5.78. The van der Waals surface area contributed by atoms with Crippen LogP contribution in [0.4, 0.5) is 0 Å². The molecule has 18 heavy (non-hydrogen) atoms. The molecule has 0 saturated heterocycles. The Labute approximate surface area is 112 Å². The molecule has 0 aliphatic heterocycles.